The molecule has 0 atom stereocenters. The van der Waals surface area contributed by atoms with Crippen molar-refractivity contribution in [1.82, 2.24) is 0 Å². The fourth-order valence-corrected chi connectivity index (χ4v) is 1.88. The zero-order chi connectivity index (χ0) is 12.6. The van der Waals surface area contributed by atoms with Crippen molar-refractivity contribution in [2.24, 2.45) is 5.41 Å². The van der Waals surface area contributed by atoms with Crippen molar-refractivity contribution in [2.45, 2.75) is 33.6 Å². The molecule has 0 spiro atoms. The van der Waals surface area contributed by atoms with E-state index in [9.17, 15) is 4.79 Å². The van der Waals surface area contributed by atoms with Gasteiger partial charge in [0.05, 0.1) is 6.57 Å². The Kier molecular flexibility index (Phi) is 2.66. The second-order valence-electron chi connectivity index (χ2n) is 5.08. The van der Waals surface area contributed by atoms with Gasteiger partial charge in [0.15, 0.2) is 5.69 Å². The normalized spacial score (nSPS) is 16.1. The lowest BCUT2D eigenvalue weighted by atomic mass is 10.1. The highest BCUT2D eigenvalue weighted by atomic mass is 16.2. The molecule has 17 heavy (non-hydrogen) atoms. The molecular formula is C14H16N2O. The number of carbonyl (C=O) groups is 1. The first-order valence-corrected chi connectivity index (χ1v) is 5.76. The minimum atomic E-state index is -0.169. The van der Waals surface area contributed by atoms with Crippen LogP contribution in [-0.4, -0.2) is 5.91 Å². The molecule has 0 bridgehead atoms. The molecule has 0 saturated heterocycles. The molecule has 3 heteroatoms. The van der Waals surface area contributed by atoms with Crippen molar-refractivity contribution in [3.05, 3.63) is 34.7 Å². The van der Waals surface area contributed by atoms with Crippen LogP contribution >= 0.6 is 0 Å². The van der Waals surface area contributed by atoms with Gasteiger partial charge in [-0.3, -0.25) is 4.79 Å². The SMILES string of the molecule is [C-]#[N+]c1cc(C)c(NC(=O)C2(C)CC2)c(C)c1. The summed E-state index contributed by atoms with van der Waals surface area (Å²) in [6.45, 7) is 12.8. The van der Waals surface area contributed by atoms with Gasteiger partial charge >= 0.3 is 0 Å². The van der Waals surface area contributed by atoms with Gasteiger partial charge in [-0.1, -0.05) is 19.1 Å². The molecule has 1 fully saturated rings. The Bertz CT molecular complexity index is 499. The summed E-state index contributed by atoms with van der Waals surface area (Å²) >= 11 is 0. The van der Waals surface area contributed by atoms with E-state index in [0.29, 0.717) is 5.69 Å². The summed E-state index contributed by atoms with van der Waals surface area (Å²) in [4.78, 5) is 15.4. The van der Waals surface area contributed by atoms with Crippen molar-refractivity contribution in [3.63, 3.8) is 0 Å². The summed E-state index contributed by atoms with van der Waals surface area (Å²) in [6, 6.07) is 3.62. The first-order valence-electron chi connectivity index (χ1n) is 5.76. The van der Waals surface area contributed by atoms with Crippen LogP contribution in [0.15, 0.2) is 12.1 Å². The first-order chi connectivity index (χ1) is 7.96. The van der Waals surface area contributed by atoms with Crippen LogP contribution in [0.25, 0.3) is 4.85 Å². The second-order valence-corrected chi connectivity index (χ2v) is 5.08. The second kappa shape index (κ2) is 3.89. The van der Waals surface area contributed by atoms with Crippen molar-refractivity contribution in [2.75, 3.05) is 5.32 Å². The average Bonchev–Trinajstić information content (AvgIpc) is 3.02. The van der Waals surface area contributed by atoms with E-state index in [2.05, 4.69) is 10.2 Å². The van der Waals surface area contributed by atoms with Crippen molar-refractivity contribution >= 4 is 17.3 Å². The summed E-state index contributed by atoms with van der Waals surface area (Å²) < 4.78 is 0. The van der Waals surface area contributed by atoms with Gasteiger partial charge in [-0.05, 0) is 37.8 Å². The first kappa shape index (κ1) is 11.7. The molecule has 1 aromatic carbocycles. The number of amides is 1. The minimum absolute atomic E-state index is 0.0965. The lowest BCUT2D eigenvalue weighted by molar-refractivity contribution is -0.120. The maximum atomic E-state index is 12.0. The third kappa shape index (κ3) is 2.16. The van der Waals surface area contributed by atoms with E-state index < -0.39 is 0 Å². The molecule has 0 unspecified atom stereocenters. The highest BCUT2D eigenvalue weighted by Gasteiger charge is 2.45. The maximum Gasteiger partial charge on any atom is 0.230 e. The third-order valence-corrected chi connectivity index (χ3v) is 3.43. The van der Waals surface area contributed by atoms with E-state index in [-0.39, 0.29) is 11.3 Å². The Morgan fingerprint density at radius 3 is 2.29 bits per heavy atom. The van der Waals surface area contributed by atoms with E-state index >= 15 is 0 Å². The van der Waals surface area contributed by atoms with Crippen LogP contribution in [0.2, 0.25) is 0 Å². The topological polar surface area (TPSA) is 33.5 Å². The smallest absolute Gasteiger partial charge is 0.230 e. The number of nitrogens with zero attached hydrogens (tertiary/aromatic N) is 1. The highest BCUT2D eigenvalue weighted by Crippen LogP contribution is 2.46. The predicted molar refractivity (Wildman–Crippen MR) is 68.1 cm³/mol. The van der Waals surface area contributed by atoms with Gasteiger partial charge in [0.1, 0.15) is 0 Å². The van der Waals surface area contributed by atoms with Crippen LogP contribution in [-0.2, 0) is 4.79 Å². The zero-order valence-corrected chi connectivity index (χ0v) is 10.4. The van der Waals surface area contributed by atoms with Crippen molar-refractivity contribution < 1.29 is 4.79 Å². The summed E-state index contributed by atoms with van der Waals surface area (Å²) in [6.07, 6.45) is 1.94. The van der Waals surface area contributed by atoms with Gasteiger partial charge in [-0.25, -0.2) is 4.85 Å². The van der Waals surface area contributed by atoms with Crippen molar-refractivity contribution in [1.29, 1.82) is 0 Å². The molecule has 1 aromatic rings. The molecule has 1 N–H and O–H groups in total. The molecule has 88 valence electrons. The molecule has 0 aromatic heterocycles. The Labute approximate surface area is 102 Å². The number of carbonyl (C=O) groups excluding carboxylic acids is 1. The highest BCUT2D eigenvalue weighted by molar-refractivity contribution is 5.98. The minimum Gasteiger partial charge on any atom is -0.325 e. The molecule has 0 heterocycles. The number of rotatable bonds is 2. The van der Waals surface area contributed by atoms with Crippen LogP contribution < -0.4 is 5.32 Å². The Hall–Kier alpha value is -1.82. The molecule has 0 radical (unpaired) electrons. The zero-order valence-electron chi connectivity index (χ0n) is 10.4. The number of anilines is 1. The van der Waals surface area contributed by atoms with E-state index in [4.69, 9.17) is 6.57 Å². The van der Waals surface area contributed by atoms with Gasteiger partial charge in [-0.15, -0.1) is 0 Å². The summed E-state index contributed by atoms with van der Waals surface area (Å²) in [7, 11) is 0. The van der Waals surface area contributed by atoms with E-state index in [1.54, 1.807) is 0 Å². The maximum absolute atomic E-state index is 12.0. The fraction of sp³-hybridized carbons (Fsp3) is 0.429. The monoisotopic (exact) mass is 228 g/mol. The number of aryl methyl sites for hydroxylation is 2. The van der Waals surface area contributed by atoms with Crippen LogP contribution in [0.1, 0.15) is 30.9 Å². The fourth-order valence-electron chi connectivity index (χ4n) is 1.88. The Morgan fingerprint density at radius 1 is 1.35 bits per heavy atom. The average molecular weight is 228 g/mol. The summed E-state index contributed by atoms with van der Waals surface area (Å²) in [5, 5.41) is 2.99. The van der Waals surface area contributed by atoms with E-state index in [1.807, 2.05) is 32.9 Å². The van der Waals surface area contributed by atoms with E-state index in [1.165, 1.54) is 0 Å². The largest absolute Gasteiger partial charge is 0.325 e. The number of benzene rings is 1. The predicted octanol–water partition coefficient (Wildman–Crippen LogP) is 3.59. The van der Waals surface area contributed by atoms with Gasteiger partial charge < -0.3 is 5.32 Å². The molecule has 1 aliphatic rings. The lowest BCUT2D eigenvalue weighted by Crippen LogP contribution is -2.22. The number of hydrogen-bond acceptors (Lipinski definition) is 1. The Balaban J connectivity index is 2.28. The lowest BCUT2D eigenvalue weighted by Gasteiger charge is -2.15. The molecule has 1 aliphatic carbocycles. The molecule has 1 amide bonds. The van der Waals surface area contributed by atoms with Crippen molar-refractivity contribution in [3.8, 4) is 0 Å². The van der Waals surface area contributed by atoms with Gasteiger partial charge in [0, 0.05) is 11.1 Å². The van der Waals surface area contributed by atoms with Crippen LogP contribution in [0.4, 0.5) is 11.4 Å². The number of nitrogens with one attached hydrogen (secondary N) is 1. The standard InChI is InChI=1S/C14H16N2O/c1-9-7-11(15-4)8-10(2)12(9)16-13(17)14(3)5-6-14/h7-8H,5-6H2,1-3H3,(H,16,17). The van der Waals surface area contributed by atoms with E-state index in [0.717, 1.165) is 29.7 Å². The van der Waals surface area contributed by atoms with Gasteiger partial charge in [-0.2, -0.15) is 0 Å². The quantitative estimate of drug-likeness (QED) is 0.771. The summed E-state index contributed by atoms with van der Waals surface area (Å²) in [5.41, 5.74) is 3.21. The molecule has 2 rings (SSSR count). The van der Waals surface area contributed by atoms with Crippen LogP contribution in [0, 0.1) is 25.8 Å². The third-order valence-electron chi connectivity index (χ3n) is 3.43. The van der Waals surface area contributed by atoms with Gasteiger partial charge in [0.25, 0.3) is 0 Å². The molecule has 1 saturated carbocycles. The molecular weight excluding hydrogens is 212 g/mol. The molecule has 0 aliphatic heterocycles. The van der Waals surface area contributed by atoms with Crippen LogP contribution in [0.3, 0.4) is 0 Å². The number of hydrogen-bond donors (Lipinski definition) is 1. The van der Waals surface area contributed by atoms with Crippen LogP contribution in [0.5, 0.6) is 0 Å². The molecule has 3 nitrogen and oxygen atoms in total. The summed E-state index contributed by atoms with van der Waals surface area (Å²) in [5.74, 6) is 0.0965. The Morgan fingerprint density at radius 2 is 1.88 bits per heavy atom. The van der Waals surface area contributed by atoms with Gasteiger partial charge in [0.2, 0.25) is 5.91 Å².